The Kier molecular flexibility index (Phi) is 4.35. The fourth-order valence-corrected chi connectivity index (χ4v) is 5.34. The molecule has 3 heterocycles. The number of hydrogen-bond acceptors (Lipinski definition) is 5. The molecule has 2 aromatic heterocycles. The minimum atomic E-state index is -0.0155. The van der Waals surface area contributed by atoms with Crippen molar-refractivity contribution in [3.05, 3.63) is 41.6 Å². The van der Waals surface area contributed by atoms with Gasteiger partial charge in [-0.05, 0) is 75.8 Å². The van der Waals surface area contributed by atoms with E-state index in [1.807, 2.05) is 24.4 Å². The van der Waals surface area contributed by atoms with Crippen LogP contribution in [-0.4, -0.2) is 34.2 Å². The van der Waals surface area contributed by atoms with Gasteiger partial charge in [-0.15, -0.1) is 16.4 Å². The van der Waals surface area contributed by atoms with Gasteiger partial charge in [0.15, 0.2) is 5.82 Å². The number of thiophene rings is 1. The first kappa shape index (κ1) is 18.6. The molecule has 1 amide bonds. The van der Waals surface area contributed by atoms with Crippen molar-refractivity contribution in [1.82, 2.24) is 15.5 Å². The molecule has 5 rings (SSSR count). The predicted octanol–water partition coefficient (Wildman–Crippen LogP) is 4.94. The Labute approximate surface area is 175 Å². The molecule has 0 radical (unpaired) electrons. The summed E-state index contributed by atoms with van der Waals surface area (Å²) in [5.41, 5.74) is 2.99. The lowest BCUT2D eigenvalue weighted by molar-refractivity contribution is 0.0935. The van der Waals surface area contributed by atoms with Crippen LogP contribution in [0, 0.1) is 6.92 Å². The Morgan fingerprint density at radius 2 is 2.14 bits per heavy atom. The molecule has 1 aliphatic carbocycles. The minimum Gasteiger partial charge on any atom is -0.351 e. The second-order valence-corrected chi connectivity index (χ2v) is 9.84. The van der Waals surface area contributed by atoms with Crippen LogP contribution in [0.3, 0.4) is 0 Å². The van der Waals surface area contributed by atoms with Crippen molar-refractivity contribution in [2.75, 3.05) is 11.4 Å². The van der Waals surface area contributed by atoms with Crippen LogP contribution in [0.4, 0.5) is 5.82 Å². The van der Waals surface area contributed by atoms with Gasteiger partial charge in [-0.25, -0.2) is 0 Å². The maximum atomic E-state index is 12.7. The molecule has 1 aromatic carbocycles. The smallest absolute Gasteiger partial charge is 0.251 e. The quantitative estimate of drug-likeness (QED) is 0.667. The number of amides is 1. The van der Waals surface area contributed by atoms with E-state index in [2.05, 4.69) is 47.3 Å². The summed E-state index contributed by atoms with van der Waals surface area (Å²) in [4.78, 5) is 16.2. The molecule has 3 aromatic rings. The van der Waals surface area contributed by atoms with Crippen LogP contribution < -0.4 is 10.2 Å². The van der Waals surface area contributed by atoms with Crippen molar-refractivity contribution in [1.29, 1.82) is 0 Å². The number of carbonyl (C=O) groups is 1. The summed E-state index contributed by atoms with van der Waals surface area (Å²) in [5, 5.41) is 13.0. The van der Waals surface area contributed by atoms with Crippen LogP contribution in [0.5, 0.6) is 0 Å². The highest BCUT2D eigenvalue weighted by Crippen LogP contribution is 2.40. The van der Waals surface area contributed by atoms with E-state index in [1.165, 1.54) is 23.1 Å². The summed E-state index contributed by atoms with van der Waals surface area (Å²) in [6.45, 7) is 7.50. The predicted molar refractivity (Wildman–Crippen MR) is 119 cm³/mol. The van der Waals surface area contributed by atoms with Crippen LogP contribution >= 0.6 is 11.3 Å². The van der Waals surface area contributed by atoms with Crippen molar-refractivity contribution < 1.29 is 4.79 Å². The Morgan fingerprint density at radius 1 is 1.31 bits per heavy atom. The fourth-order valence-electron chi connectivity index (χ4n) is 4.12. The van der Waals surface area contributed by atoms with Crippen LogP contribution in [0.15, 0.2) is 30.5 Å². The highest BCUT2D eigenvalue weighted by Gasteiger charge is 2.38. The van der Waals surface area contributed by atoms with Crippen LogP contribution in [0.25, 0.3) is 20.5 Å². The summed E-state index contributed by atoms with van der Waals surface area (Å²) in [6.07, 6.45) is 6.37. The van der Waals surface area contributed by atoms with Gasteiger partial charge in [-0.3, -0.25) is 4.79 Å². The monoisotopic (exact) mass is 406 g/mol. The van der Waals surface area contributed by atoms with Gasteiger partial charge < -0.3 is 10.2 Å². The lowest BCUT2D eigenvalue weighted by Gasteiger charge is -2.22. The summed E-state index contributed by atoms with van der Waals surface area (Å²) < 4.78 is 1.18. The van der Waals surface area contributed by atoms with Gasteiger partial charge in [-0.2, -0.15) is 5.10 Å². The zero-order chi connectivity index (χ0) is 20.2. The first-order valence-electron chi connectivity index (χ1n) is 10.4. The van der Waals surface area contributed by atoms with Crippen molar-refractivity contribution in [2.24, 2.45) is 0 Å². The maximum Gasteiger partial charge on any atom is 0.251 e. The molecular formula is C23H26N4OS. The molecule has 1 atom stereocenters. The van der Waals surface area contributed by atoms with Gasteiger partial charge in [-0.1, -0.05) is 6.07 Å². The number of nitrogens with one attached hydrogen (secondary N) is 1. The van der Waals surface area contributed by atoms with E-state index in [0.717, 1.165) is 46.6 Å². The molecular weight excluding hydrogens is 380 g/mol. The average molecular weight is 407 g/mol. The molecule has 1 saturated carbocycles. The summed E-state index contributed by atoms with van der Waals surface area (Å²) in [6, 6.07) is 8.68. The molecule has 29 heavy (non-hydrogen) atoms. The highest BCUT2D eigenvalue weighted by atomic mass is 32.1. The molecule has 1 N–H and O–H groups in total. The number of anilines is 1. The molecule has 2 aliphatic rings. The molecule has 1 unspecified atom stereocenters. The Hall–Kier alpha value is -2.47. The number of fused-ring (bicyclic) bond motifs is 1. The molecule has 2 fully saturated rings. The lowest BCUT2D eigenvalue weighted by Crippen LogP contribution is -2.34. The summed E-state index contributed by atoms with van der Waals surface area (Å²) >= 11 is 1.75. The van der Waals surface area contributed by atoms with Crippen molar-refractivity contribution in [2.45, 2.75) is 58.0 Å². The average Bonchev–Trinajstić information content (AvgIpc) is 3.08. The number of aryl methyl sites for hydroxylation is 1. The first-order valence-corrected chi connectivity index (χ1v) is 11.2. The second-order valence-electron chi connectivity index (χ2n) is 8.79. The molecule has 0 spiro atoms. The van der Waals surface area contributed by atoms with Gasteiger partial charge in [0.2, 0.25) is 0 Å². The molecule has 6 heteroatoms. The van der Waals surface area contributed by atoms with Gasteiger partial charge in [0, 0.05) is 34.0 Å². The second kappa shape index (κ2) is 6.80. The van der Waals surface area contributed by atoms with E-state index in [0.29, 0.717) is 6.04 Å². The standard InChI is InChI=1S/C23H26N4OS/c1-14-6-7-16(22(28)25-23(3)8-9-23)11-18(14)19-12-17-13-24-26-21(20(17)29-19)27-10-4-5-15(27)2/h6-7,11-13,15H,4-5,8-10H2,1-3H3,(H,25,28). The van der Waals surface area contributed by atoms with Gasteiger partial charge in [0.1, 0.15) is 0 Å². The van der Waals surface area contributed by atoms with Gasteiger partial charge in [0.05, 0.1) is 10.9 Å². The molecule has 5 nitrogen and oxygen atoms in total. The van der Waals surface area contributed by atoms with Crippen molar-refractivity contribution >= 4 is 33.1 Å². The number of rotatable bonds is 4. The molecule has 0 bridgehead atoms. The number of aromatic nitrogens is 2. The van der Waals surface area contributed by atoms with E-state index in [1.54, 1.807) is 11.3 Å². The van der Waals surface area contributed by atoms with Gasteiger partial charge >= 0.3 is 0 Å². The first-order chi connectivity index (χ1) is 13.9. The zero-order valence-electron chi connectivity index (χ0n) is 17.2. The summed E-state index contributed by atoms with van der Waals surface area (Å²) in [5.74, 6) is 1.01. The maximum absolute atomic E-state index is 12.7. The summed E-state index contributed by atoms with van der Waals surface area (Å²) in [7, 11) is 0. The van der Waals surface area contributed by atoms with Crippen molar-refractivity contribution in [3.63, 3.8) is 0 Å². The minimum absolute atomic E-state index is 0.0155. The lowest BCUT2D eigenvalue weighted by atomic mass is 10.0. The van der Waals surface area contributed by atoms with E-state index in [9.17, 15) is 4.79 Å². The van der Waals surface area contributed by atoms with E-state index in [-0.39, 0.29) is 11.4 Å². The van der Waals surface area contributed by atoms with Crippen molar-refractivity contribution in [3.8, 4) is 10.4 Å². The van der Waals surface area contributed by atoms with E-state index >= 15 is 0 Å². The SMILES string of the molecule is Cc1ccc(C(=O)NC2(C)CC2)cc1-c1cc2cnnc(N3CCCC3C)c2s1. The Balaban J connectivity index is 1.54. The Bertz CT molecular complexity index is 1100. The molecule has 1 saturated heterocycles. The third-order valence-corrected chi connectivity index (χ3v) is 7.50. The molecule has 150 valence electrons. The number of nitrogens with zero attached hydrogens (tertiary/aromatic N) is 3. The van der Waals surface area contributed by atoms with Crippen LogP contribution in [0.1, 0.15) is 55.5 Å². The fraction of sp³-hybridized carbons (Fsp3) is 0.435. The van der Waals surface area contributed by atoms with E-state index < -0.39 is 0 Å². The number of carbonyl (C=O) groups excluding carboxylic acids is 1. The van der Waals surface area contributed by atoms with Crippen LogP contribution in [-0.2, 0) is 0 Å². The topological polar surface area (TPSA) is 58.1 Å². The van der Waals surface area contributed by atoms with E-state index in [4.69, 9.17) is 0 Å². The van der Waals surface area contributed by atoms with Gasteiger partial charge in [0.25, 0.3) is 5.91 Å². The largest absolute Gasteiger partial charge is 0.351 e. The third-order valence-electron chi connectivity index (χ3n) is 6.32. The number of hydrogen-bond donors (Lipinski definition) is 1. The zero-order valence-corrected chi connectivity index (χ0v) is 18.0. The van der Waals surface area contributed by atoms with Crippen LogP contribution in [0.2, 0.25) is 0 Å². The normalized spacial score (nSPS) is 20.2. The highest BCUT2D eigenvalue weighted by molar-refractivity contribution is 7.22. The molecule has 1 aliphatic heterocycles. The third kappa shape index (κ3) is 3.39. The number of benzene rings is 1. The Morgan fingerprint density at radius 3 is 2.86 bits per heavy atom.